The monoisotopic (exact) mass is 283 g/mol. The van der Waals surface area contributed by atoms with Gasteiger partial charge in [-0.2, -0.15) is 5.06 Å². The lowest BCUT2D eigenvalue weighted by Gasteiger charge is -2.26. The predicted octanol–water partition coefficient (Wildman–Crippen LogP) is 2.16. The molecule has 0 bridgehead atoms. The maximum Gasteiger partial charge on any atom is 0.363 e. The summed E-state index contributed by atoms with van der Waals surface area (Å²) in [6, 6.07) is 13.1. The molecule has 0 aliphatic carbocycles. The molecule has 0 unspecified atom stereocenters. The molecule has 0 atom stereocenters. The van der Waals surface area contributed by atoms with E-state index in [1.807, 2.05) is 0 Å². The number of carbonyl (C=O) groups excluding carboxylic acids is 2. The van der Waals surface area contributed by atoms with Crippen LogP contribution in [0.4, 0.5) is 0 Å². The van der Waals surface area contributed by atoms with Crippen LogP contribution in [0.3, 0.4) is 0 Å². The van der Waals surface area contributed by atoms with Gasteiger partial charge in [0.25, 0.3) is 5.91 Å². The van der Waals surface area contributed by atoms with E-state index in [1.54, 1.807) is 36.4 Å². The van der Waals surface area contributed by atoms with Gasteiger partial charge in [0.2, 0.25) is 0 Å². The molecule has 2 aromatic carbocycles. The van der Waals surface area contributed by atoms with Crippen LogP contribution < -0.4 is 0 Å². The molecule has 0 saturated carbocycles. The van der Waals surface area contributed by atoms with Gasteiger partial charge < -0.3 is 9.94 Å². The van der Waals surface area contributed by atoms with Crippen molar-refractivity contribution in [3.63, 3.8) is 0 Å². The zero-order valence-electron chi connectivity index (χ0n) is 11.2. The Labute approximate surface area is 121 Å². The third-order valence-corrected chi connectivity index (χ3v) is 3.33. The molecule has 0 saturated heterocycles. The Bertz CT molecular complexity index is 697. The standard InChI is InChI=1S/C16H13NO4/c18-13-6-7-14-12(10-13)8-9-17(15(14)19)21-16(20)11-4-2-1-3-5-11/h1-7,10,18H,8-9H2. The van der Waals surface area contributed by atoms with Crippen LogP contribution in [-0.4, -0.2) is 28.6 Å². The summed E-state index contributed by atoms with van der Waals surface area (Å²) in [7, 11) is 0. The summed E-state index contributed by atoms with van der Waals surface area (Å²) < 4.78 is 0. The van der Waals surface area contributed by atoms with Crippen molar-refractivity contribution in [2.45, 2.75) is 6.42 Å². The normalized spacial score (nSPS) is 13.7. The summed E-state index contributed by atoms with van der Waals surface area (Å²) in [5.41, 5.74) is 1.59. The Hall–Kier alpha value is -2.82. The summed E-state index contributed by atoms with van der Waals surface area (Å²) in [6.07, 6.45) is 0.525. The number of rotatable bonds is 2. The van der Waals surface area contributed by atoms with Gasteiger partial charge in [-0.05, 0) is 42.3 Å². The van der Waals surface area contributed by atoms with Gasteiger partial charge in [-0.3, -0.25) is 4.79 Å². The molecule has 0 spiro atoms. The molecule has 5 nitrogen and oxygen atoms in total. The lowest BCUT2D eigenvalue weighted by molar-refractivity contribution is -0.0830. The van der Waals surface area contributed by atoms with Crippen molar-refractivity contribution < 1.29 is 19.5 Å². The van der Waals surface area contributed by atoms with E-state index < -0.39 is 5.97 Å². The lowest BCUT2D eigenvalue weighted by atomic mass is 10.00. The molecular formula is C16H13NO4. The quantitative estimate of drug-likeness (QED) is 0.917. The number of benzene rings is 2. The minimum absolute atomic E-state index is 0.122. The molecule has 106 valence electrons. The van der Waals surface area contributed by atoms with Crippen molar-refractivity contribution in [2.24, 2.45) is 0 Å². The van der Waals surface area contributed by atoms with Gasteiger partial charge >= 0.3 is 5.97 Å². The number of hydrogen-bond donors (Lipinski definition) is 1. The van der Waals surface area contributed by atoms with Gasteiger partial charge in [-0.1, -0.05) is 18.2 Å². The van der Waals surface area contributed by atoms with Crippen LogP contribution >= 0.6 is 0 Å². The van der Waals surface area contributed by atoms with E-state index in [1.165, 1.54) is 12.1 Å². The SMILES string of the molecule is O=C(ON1CCc2cc(O)ccc2C1=O)c1ccccc1. The van der Waals surface area contributed by atoms with Gasteiger partial charge in [0.05, 0.1) is 12.1 Å². The van der Waals surface area contributed by atoms with Crippen molar-refractivity contribution in [3.8, 4) is 5.75 Å². The molecule has 21 heavy (non-hydrogen) atoms. The van der Waals surface area contributed by atoms with E-state index in [0.29, 0.717) is 17.5 Å². The molecular weight excluding hydrogens is 270 g/mol. The molecule has 5 heteroatoms. The van der Waals surface area contributed by atoms with Crippen LogP contribution in [0.2, 0.25) is 0 Å². The van der Waals surface area contributed by atoms with E-state index >= 15 is 0 Å². The lowest BCUT2D eigenvalue weighted by Crippen LogP contribution is -2.39. The maximum atomic E-state index is 12.3. The number of nitrogens with zero attached hydrogens (tertiary/aromatic N) is 1. The zero-order chi connectivity index (χ0) is 14.8. The van der Waals surface area contributed by atoms with Crippen molar-refractivity contribution in [1.29, 1.82) is 0 Å². The molecule has 0 radical (unpaired) electrons. The number of carbonyl (C=O) groups is 2. The van der Waals surface area contributed by atoms with E-state index in [0.717, 1.165) is 10.6 Å². The van der Waals surface area contributed by atoms with Crippen molar-refractivity contribution in [3.05, 3.63) is 65.2 Å². The third-order valence-electron chi connectivity index (χ3n) is 3.33. The fourth-order valence-corrected chi connectivity index (χ4v) is 2.27. The summed E-state index contributed by atoms with van der Waals surface area (Å²) in [5, 5.41) is 10.5. The van der Waals surface area contributed by atoms with Crippen LogP contribution in [0.25, 0.3) is 0 Å². The van der Waals surface area contributed by atoms with Crippen LogP contribution in [-0.2, 0) is 11.3 Å². The highest BCUT2D eigenvalue weighted by Crippen LogP contribution is 2.23. The number of fused-ring (bicyclic) bond motifs is 1. The Morgan fingerprint density at radius 1 is 1.14 bits per heavy atom. The minimum Gasteiger partial charge on any atom is -0.508 e. The Morgan fingerprint density at radius 3 is 2.67 bits per heavy atom. The highest BCUT2D eigenvalue weighted by molar-refractivity contribution is 5.98. The predicted molar refractivity (Wildman–Crippen MR) is 74.7 cm³/mol. The first-order valence-electron chi connectivity index (χ1n) is 6.56. The molecule has 1 aliphatic rings. The molecule has 3 rings (SSSR count). The Kier molecular flexibility index (Phi) is 3.31. The first kappa shape index (κ1) is 13.2. The summed E-state index contributed by atoms with van der Waals surface area (Å²) in [4.78, 5) is 29.4. The largest absolute Gasteiger partial charge is 0.508 e. The van der Waals surface area contributed by atoms with E-state index in [4.69, 9.17) is 4.84 Å². The number of hydrogen-bond acceptors (Lipinski definition) is 4. The van der Waals surface area contributed by atoms with Crippen LogP contribution in [0.15, 0.2) is 48.5 Å². The first-order chi connectivity index (χ1) is 10.1. The number of amides is 1. The molecule has 1 N–H and O–H groups in total. The van der Waals surface area contributed by atoms with Crippen molar-refractivity contribution in [2.75, 3.05) is 6.54 Å². The minimum atomic E-state index is -0.564. The Balaban J connectivity index is 1.78. The second kappa shape index (κ2) is 5.28. The second-order valence-electron chi connectivity index (χ2n) is 4.74. The van der Waals surface area contributed by atoms with Crippen molar-refractivity contribution >= 4 is 11.9 Å². The van der Waals surface area contributed by atoms with Gasteiger partial charge in [-0.15, -0.1) is 0 Å². The molecule has 0 fully saturated rings. The third kappa shape index (κ3) is 2.58. The molecule has 1 aliphatic heterocycles. The summed E-state index contributed by atoms with van der Waals surface area (Å²) in [5.74, 6) is -0.817. The second-order valence-corrected chi connectivity index (χ2v) is 4.74. The summed E-state index contributed by atoms with van der Waals surface area (Å²) in [6.45, 7) is 0.272. The number of aromatic hydroxyl groups is 1. The first-order valence-corrected chi connectivity index (χ1v) is 6.56. The van der Waals surface area contributed by atoms with Crippen LogP contribution in [0.1, 0.15) is 26.3 Å². The fourth-order valence-electron chi connectivity index (χ4n) is 2.27. The average molecular weight is 283 g/mol. The van der Waals surface area contributed by atoms with E-state index in [-0.39, 0.29) is 18.2 Å². The van der Waals surface area contributed by atoms with Gasteiger partial charge in [0.15, 0.2) is 0 Å². The molecule has 0 aromatic heterocycles. The highest BCUT2D eigenvalue weighted by Gasteiger charge is 2.27. The number of phenols is 1. The van der Waals surface area contributed by atoms with Gasteiger partial charge in [0, 0.05) is 5.56 Å². The van der Waals surface area contributed by atoms with E-state index in [9.17, 15) is 14.7 Å². The molecule has 2 aromatic rings. The topological polar surface area (TPSA) is 66.8 Å². The average Bonchev–Trinajstić information content (AvgIpc) is 2.51. The fraction of sp³-hybridized carbons (Fsp3) is 0.125. The number of hydroxylamine groups is 2. The Morgan fingerprint density at radius 2 is 1.90 bits per heavy atom. The van der Waals surface area contributed by atoms with E-state index in [2.05, 4.69) is 0 Å². The van der Waals surface area contributed by atoms with Crippen molar-refractivity contribution in [1.82, 2.24) is 5.06 Å². The highest BCUT2D eigenvalue weighted by atomic mass is 16.7. The van der Waals surface area contributed by atoms with Crippen LogP contribution in [0.5, 0.6) is 5.75 Å². The molecule has 1 heterocycles. The number of phenolic OH excluding ortho intramolecular Hbond substituents is 1. The van der Waals surface area contributed by atoms with Crippen LogP contribution in [0, 0.1) is 0 Å². The molecule has 1 amide bonds. The van der Waals surface area contributed by atoms with Gasteiger partial charge in [0.1, 0.15) is 5.75 Å². The maximum absolute atomic E-state index is 12.3. The zero-order valence-corrected chi connectivity index (χ0v) is 11.2. The van der Waals surface area contributed by atoms with Gasteiger partial charge in [-0.25, -0.2) is 4.79 Å². The summed E-state index contributed by atoms with van der Waals surface area (Å²) >= 11 is 0. The smallest absolute Gasteiger partial charge is 0.363 e.